The van der Waals surface area contributed by atoms with Gasteiger partial charge in [0, 0.05) is 26.2 Å². The number of benzene rings is 2. The van der Waals surface area contributed by atoms with Crippen LogP contribution in [0.5, 0.6) is 5.75 Å². The maximum atomic E-state index is 8.12. The Balaban J connectivity index is 0.000000701. The van der Waals surface area contributed by atoms with Gasteiger partial charge in [-0.1, -0.05) is 42.0 Å². The molecule has 0 aromatic heterocycles. The molecule has 1 fully saturated rings. The van der Waals surface area contributed by atoms with Gasteiger partial charge < -0.3 is 15.4 Å². The summed E-state index contributed by atoms with van der Waals surface area (Å²) in [5.74, 6) is 1.73. The van der Waals surface area contributed by atoms with Gasteiger partial charge in [-0.15, -0.1) is 0 Å². The highest BCUT2D eigenvalue weighted by atomic mass is 16.5. The zero-order valence-electron chi connectivity index (χ0n) is 14.5. The van der Waals surface area contributed by atoms with Crippen molar-refractivity contribution in [1.82, 2.24) is 10.6 Å². The number of hydrogen-bond acceptors (Lipinski definition) is 5. The zero-order valence-corrected chi connectivity index (χ0v) is 14.5. The Hall–Kier alpha value is -2.46. The van der Waals surface area contributed by atoms with E-state index >= 15 is 0 Å². The molecule has 1 heterocycles. The summed E-state index contributed by atoms with van der Waals surface area (Å²) in [6.45, 7) is 6.99. The molecule has 0 bridgehead atoms. The molecule has 3 rings (SSSR count). The predicted octanol–water partition coefficient (Wildman–Crippen LogP) is 2.30. The van der Waals surface area contributed by atoms with Gasteiger partial charge in [0.1, 0.15) is 12.4 Å². The molecule has 0 saturated carbocycles. The van der Waals surface area contributed by atoms with Gasteiger partial charge in [-0.3, -0.25) is 0 Å². The standard InChI is InChI=1S/C19H24N2O.CO2/c1-15-5-7-16(8-6-15)14-22-19-4-2-3-17(9-19)10-20-11-18-12-21-13-18;2-1-3/h2-9,18,20-21H,10-14H2,1H3;. The van der Waals surface area contributed by atoms with E-state index in [0.717, 1.165) is 37.8 Å². The van der Waals surface area contributed by atoms with Crippen molar-refractivity contribution < 1.29 is 14.3 Å². The second-order valence-electron chi connectivity index (χ2n) is 6.16. The van der Waals surface area contributed by atoms with Crippen LogP contribution in [0.25, 0.3) is 0 Å². The molecule has 132 valence electrons. The molecule has 5 heteroatoms. The van der Waals surface area contributed by atoms with Crippen LogP contribution in [0, 0.1) is 12.8 Å². The molecule has 0 spiro atoms. The predicted molar refractivity (Wildman–Crippen MR) is 95.0 cm³/mol. The first-order valence-corrected chi connectivity index (χ1v) is 8.39. The number of hydrogen-bond donors (Lipinski definition) is 2. The lowest BCUT2D eigenvalue weighted by Crippen LogP contribution is -2.47. The van der Waals surface area contributed by atoms with E-state index in [1.165, 1.54) is 16.7 Å². The second-order valence-corrected chi connectivity index (χ2v) is 6.16. The fourth-order valence-corrected chi connectivity index (χ4v) is 2.51. The van der Waals surface area contributed by atoms with Crippen LogP contribution in [0.1, 0.15) is 16.7 Å². The Morgan fingerprint density at radius 2 is 1.84 bits per heavy atom. The minimum absolute atomic E-state index is 0.250. The van der Waals surface area contributed by atoms with E-state index < -0.39 is 0 Å². The normalized spacial score (nSPS) is 13.2. The third-order valence-electron chi connectivity index (χ3n) is 4.05. The van der Waals surface area contributed by atoms with E-state index in [1.54, 1.807) is 0 Å². The van der Waals surface area contributed by atoms with Crippen LogP contribution in [0.2, 0.25) is 0 Å². The Morgan fingerprint density at radius 3 is 2.48 bits per heavy atom. The summed E-state index contributed by atoms with van der Waals surface area (Å²) in [6.07, 6.45) is 0.250. The van der Waals surface area contributed by atoms with E-state index in [0.29, 0.717) is 6.61 Å². The highest BCUT2D eigenvalue weighted by Gasteiger charge is 2.15. The van der Waals surface area contributed by atoms with Crippen molar-refractivity contribution in [3.8, 4) is 5.75 Å². The van der Waals surface area contributed by atoms with E-state index in [2.05, 4.69) is 60.0 Å². The number of carbonyl (C=O) groups excluding carboxylic acids is 2. The van der Waals surface area contributed by atoms with E-state index in [1.807, 2.05) is 6.07 Å². The average molecular weight is 340 g/mol. The molecule has 0 radical (unpaired) electrons. The molecule has 2 aromatic carbocycles. The van der Waals surface area contributed by atoms with Crippen molar-refractivity contribution in [3.05, 3.63) is 65.2 Å². The average Bonchev–Trinajstić information content (AvgIpc) is 2.58. The molecule has 0 amide bonds. The Bertz CT molecular complexity index is 676. The van der Waals surface area contributed by atoms with Gasteiger partial charge in [0.25, 0.3) is 0 Å². The topological polar surface area (TPSA) is 67.4 Å². The van der Waals surface area contributed by atoms with Gasteiger partial charge in [-0.25, -0.2) is 0 Å². The van der Waals surface area contributed by atoms with Gasteiger partial charge in [0.2, 0.25) is 0 Å². The third kappa shape index (κ3) is 6.89. The smallest absolute Gasteiger partial charge is 0.373 e. The molecule has 1 saturated heterocycles. The van der Waals surface area contributed by atoms with Crippen LogP contribution in [-0.2, 0) is 22.7 Å². The van der Waals surface area contributed by atoms with Crippen molar-refractivity contribution >= 4 is 6.15 Å². The lowest BCUT2D eigenvalue weighted by molar-refractivity contribution is -0.191. The Kier molecular flexibility index (Phi) is 7.86. The fraction of sp³-hybridized carbons (Fsp3) is 0.350. The van der Waals surface area contributed by atoms with Crippen LogP contribution < -0.4 is 15.4 Å². The molecule has 1 aliphatic rings. The maximum absolute atomic E-state index is 8.12. The summed E-state index contributed by atoms with van der Waals surface area (Å²) in [7, 11) is 0. The first-order chi connectivity index (χ1) is 12.2. The van der Waals surface area contributed by atoms with Gasteiger partial charge in [-0.05, 0) is 36.1 Å². The summed E-state index contributed by atoms with van der Waals surface area (Å²) >= 11 is 0. The molecule has 1 aliphatic heterocycles. The minimum atomic E-state index is 0.250. The molecule has 2 N–H and O–H groups in total. The van der Waals surface area contributed by atoms with Crippen LogP contribution >= 0.6 is 0 Å². The van der Waals surface area contributed by atoms with Crippen LogP contribution in [-0.4, -0.2) is 25.8 Å². The largest absolute Gasteiger partial charge is 0.489 e. The van der Waals surface area contributed by atoms with Gasteiger partial charge >= 0.3 is 6.15 Å². The quantitative estimate of drug-likeness (QED) is 0.809. The second kappa shape index (κ2) is 10.4. The van der Waals surface area contributed by atoms with E-state index in [4.69, 9.17) is 14.3 Å². The van der Waals surface area contributed by atoms with Crippen LogP contribution in [0.4, 0.5) is 0 Å². The minimum Gasteiger partial charge on any atom is -0.489 e. The lowest BCUT2D eigenvalue weighted by Gasteiger charge is -2.27. The maximum Gasteiger partial charge on any atom is 0.373 e. The summed E-state index contributed by atoms with van der Waals surface area (Å²) < 4.78 is 5.89. The van der Waals surface area contributed by atoms with Crippen LogP contribution in [0.3, 0.4) is 0 Å². The summed E-state index contributed by atoms with van der Waals surface area (Å²) in [5, 5.41) is 6.81. The number of rotatable bonds is 7. The van der Waals surface area contributed by atoms with Crippen LogP contribution in [0.15, 0.2) is 48.5 Å². The molecular formula is C20H24N2O3. The number of ether oxygens (including phenoxy) is 1. The van der Waals surface area contributed by atoms with Gasteiger partial charge in [0.15, 0.2) is 0 Å². The summed E-state index contributed by atoms with van der Waals surface area (Å²) in [5.41, 5.74) is 3.75. The first-order valence-electron chi connectivity index (χ1n) is 8.39. The van der Waals surface area contributed by atoms with Gasteiger partial charge in [0.05, 0.1) is 0 Å². The van der Waals surface area contributed by atoms with Crippen molar-refractivity contribution in [3.63, 3.8) is 0 Å². The molecule has 0 atom stereocenters. The molecule has 2 aromatic rings. The summed E-state index contributed by atoms with van der Waals surface area (Å²) in [6, 6.07) is 16.8. The van der Waals surface area contributed by atoms with Crippen molar-refractivity contribution in [2.45, 2.75) is 20.1 Å². The molecule has 5 nitrogen and oxygen atoms in total. The lowest BCUT2D eigenvalue weighted by atomic mass is 10.0. The highest BCUT2D eigenvalue weighted by molar-refractivity contribution is 5.29. The van der Waals surface area contributed by atoms with Crippen molar-refractivity contribution in [2.75, 3.05) is 19.6 Å². The van der Waals surface area contributed by atoms with E-state index in [9.17, 15) is 0 Å². The zero-order chi connectivity index (χ0) is 17.9. The van der Waals surface area contributed by atoms with Gasteiger partial charge in [-0.2, -0.15) is 9.59 Å². The molecular weight excluding hydrogens is 316 g/mol. The van der Waals surface area contributed by atoms with E-state index in [-0.39, 0.29) is 6.15 Å². The molecule has 0 aliphatic carbocycles. The Labute approximate surface area is 148 Å². The van der Waals surface area contributed by atoms with Crippen molar-refractivity contribution in [1.29, 1.82) is 0 Å². The molecule has 0 unspecified atom stereocenters. The number of aryl methyl sites for hydroxylation is 1. The molecule has 25 heavy (non-hydrogen) atoms. The summed E-state index contributed by atoms with van der Waals surface area (Å²) in [4.78, 5) is 16.2. The monoisotopic (exact) mass is 340 g/mol. The van der Waals surface area contributed by atoms with Crippen molar-refractivity contribution in [2.24, 2.45) is 5.92 Å². The SMILES string of the molecule is Cc1ccc(COc2cccc(CNCC3CNC3)c2)cc1.O=C=O. The third-order valence-corrected chi connectivity index (χ3v) is 4.05. The Morgan fingerprint density at radius 1 is 1.12 bits per heavy atom. The highest BCUT2D eigenvalue weighted by Crippen LogP contribution is 2.15. The number of nitrogens with one attached hydrogen (secondary N) is 2. The first kappa shape index (κ1) is 18.9. The fourth-order valence-electron chi connectivity index (χ4n) is 2.51.